The maximum absolute atomic E-state index is 4.53. The van der Waals surface area contributed by atoms with Gasteiger partial charge in [0, 0.05) is 31.5 Å². The summed E-state index contributed by atoms with van der Waals surface area (Å²) in [5.41, 5.74) is 4.73. The molecule has 0 aliphatic carbocycles. The minimum atomic E-state index is 0.636. The number of benzene rings is 1. The Morgan fingerprint density at radius 3 is 2.47 bits per heavy atom. The van der Waals surface area contributed by atoms with Crippen molar-refractivity contribution >= 4 is 17.5 Å². The van der Waals surface area contributed by atoms with Gasteiger partial charge in [-0.25, -0.2) is 4.98 Å². The third kappa shape index (κ3) is 2.67. The Hall–Kier alpha value is -2.10. The molecule has 2 aromatic rings. The number of aryl methyl sites for hydroxylation is 3. The number of hydrogen-bond donors (Lipinski definition) is 1. The summed E-state index contributed by atoms with van der Waals surface area (Å²) in [5.74, 6) is 1.56. The molecule has 0 fully saturated rings. The van der Waals surface area contributed by atoms with E-state index in [0.29, 0.717) is 5.95 Å². The highest BCUT2D eigenvalue weighted by Gasteiger charge is 2.12. The first-order valence-electron chi connectivity index (χ1n) is 6.35. The van der Waals surface area contributed by atoms with Crippen LogP contribution < -0.4 is 10.2 Å². The molecule has 4 heteroatoms. The van der Waals surface area contributed by atoms with Crippen molar-refractivity contribution in [3.05, 3.63) is 41.1 Å². The van der Waals surface area contributed by atoms with Gasteiger partial charge in [-0.1, -0.05) is 17.7 Å². The first-order valence-corrected chi connectivity index (χ1v) is 6.35. The van der Waals surface area contributed by atoms with Crippen LogP contribution >= 0.6 is 0 Å². The zero-order chi connectivity index (χ0) is 14.0. The Bertz CT molecular complexity index is 593. The summed E-state index contributed by atoms with van der Waals surface area (Å²) in [6, 6.07) is 6.43. The summed E-state index contributed by atoms with van der Waals surface area (Å²) >= 11 is 0. The van der Waals surface area contributed by atoms with E-state index in [1.54, 1.807) is 0 Å². The molecule has 2 rings (SSSR count). The molecule has 0 amide bonds. The van der Waals surface area contributed by atoms with Crippen LogP contribution in [0.15, 0.2) is 24.4 Å². The van der Waals surface area contributed by atoms with Gasteiger partial charge in [-0.05, 0) is 32.4 Å². The summed E-state index contributed by atoms with van der Waals surface area (Å²) in [6.45, 7) is 6.25. The van der Waals surface area contributed by atoms with E-state index >= 15 is 0 Å². The van der Waals surface area contributed by atoms with Crippen molar-refractivity contribution in [2.24, 2.45) is 0 Å². The normalized spacial score (nSPS) is 10.4. The molecule has 0 saturated heterocycles. The van der Waals surface area contributed by atoms with Crippen molar-refractivity contribution in [2.75, 3.05) is 24.3 Å². The fourth-order valence-corrected chi connectivity index (χ4v) is 2.19. The highest BCUT2D eigenvalue weighted by Crippen LogP contribution is 2.28. The topological polar surface area (TPSA) is 41.1 Å². The Balaban J connectivity index is 2.46. The zero-order valence-electron chi connectivity index (χ0n) is 12.2. The number of rotatable bonds is 3. The number of hydrogen-bond acceptors (Lipinski definition) is 4. The monoisotopic (exact) mass is 256 g/mol. The van der Waals surface area contributed by atoms with Gasteiger partial charge in [0.25, 0.3) is 0 Å². The van der Waals surface area contributed by atoms with Crippen molar-refractivity contribution in [1.29, 1.82) is 0 Å². The maximum Gasteiger partial charge on any atom is 0.224 e. The lowest BCUT2D eigenvalue weighted by molar-refractivity contribution is 1.04. The van der Waals surface area contributed by atoms with E-state index in [2.05, 4.69) is 52.2 Å². The summed E-state index contributed by atoms with van der Waals surface area (Å²) in [6.07, 6.45) is 1.84. The van der Waals surface area contributed by atoms with Gasteiger partial charge in [-0.2, -0.15) is 4.98 Å². The average molecular weight is 256 g/mol. The molecule has 1 aromatic carbocycles. The van der Waals surface area contributed by atoms with Crippen LogP contribution in [0.25, 0.3) is 0 Å². The molecule has 0 atom stereocenters. The minimum absolute atomic E-state index is 0.636. The average Bonchev–Trinajstić information content (AvgIpc) is 2.38. The van der Waals surface area contributed by atoms with Crippen LogP contribution in [0.4, 0.5) is 17.5 Å². The van der Waals surface area contributed by atoms with Crippen LogP contribution in [0.2, 0.25) is 0 Å². The molecule has 4 nitrogen and oxygen atoms in total. The maximum atomic E-state index is 4.53. The van der Waals surface area contributed by atoms with Crippen molar-refractivity contribution in [3.63, 3.8) is 0 Å². The van der Waals surface area contributed by atoms with Crippen LogP contribution in [0.1, 0.15) is 16.7 Å². The van der Waals surface area contributed by atoms with Crippen LogP contribution in [0, 0.1) is 20.8 Å². The van der Waals surface area contributed by atoms with Crippen LogP contribution in [-0.4, -0.2) is 24.1 Å². The lowest BCUT2D eigenvalue weighted by atomic mass is 10.1. The second-order valence-electron chi connectivity index (χ2n) is 4.80. The van der Waals surface area contributed by atoms with Crippen LogP contribution in [0.3, 0.4) is 0 Å². The van der Waals surface area contributed by atoms with Gasteiger partial charge >= 0.3 is 0 Å². The third-order valence-corrected chi connectivity index (χ3v) is 3.20. The summed E-state index contributed by atoms with van der Waals surface area (Å²) < 4.78 is 0. The Kier molecular flexibility index (Phi) is 3.69. The van der Waals surface area contributed by atoms with Gasteiger partial charge in [-0.3, -0.25) is 0 Å². The summed E-state index contributed by atoms with van der Waals surface area (Å²) in [4.78, 5) is 10.9. The largest absolute Gasteiger partial charge is 0.357 e. The third-order valence-electron chi connectivity index (χ3n) is 3.20. The molecule has 19 heavy (non-hydrogen) atoms. The molecule has 0 aliphatic heterocycles. The smallest absolute Gasteiger partial charge is 0.224 e. The number of aromatic nitrogens is 2. The van der Waals surface area contributed by atoms with Crippen molar-refractivity contribution < 1.29 is 0 Å². The molecule has 1 aromatic heterocycles. The van der Waals surface area contributed by atoms with Crippen molar-refractivity contribution in [2.45, 2.75) is 20.8 Å². The molecule has 0 saturated carbocycles. The number of nitrogens with zero attached hydrogens (tertiary/aromatic N) is 3. The predicted molar refractivity (Wildman–Crippen MR) is 80.3 cm³/mol. The van der Waals surface area contributed by atoms with Crippen LogP contribution in [0.5, 0.6) is 0 Å². The second kappa shape index (κ2) is 5.26. The molecule has 100 valence electrons. The zero-order valence-corrected chi connectivity index (χ0v) is 12.2. The fraction of sp³-hybridized carbons (Fsp3) is 0.333. The highest BCUT2D eigenvalue weighted by atomic mass is 15.2. The van der Waals surface area contributed by atoms with Gasteiger partial charge < -0.3 is 10.2 Å². The van der Waals surface area contributed by atoms with Gasteiger partial charge in [0.05, 0.1) is 0 Å². The van der Waals surface area contributed by atoms with E-state index in [9.17, 15) is 0 Å². The van der Waals surface area contributed by atoms with Crippen molar-refractivity contribution in [1.82, 2.24) is 9.97 Å². The number of nitrogens with one attached hydrogen (secondary N) is 1. The SMILES string of the molecule is CNc1ncc(C)c(N(C)c2ccc(C)cc2C)n1. The van der Waals surface area contributed by atoms with E-state index in [0.717, 1.165) is 17.1 Å². The molecule has 1 heterocycles. The van der Waals surface area contributed by atoms with Gasteiger partial charge in [0.2, 0.25) is 5.95 Å². The fourth-order valence-electron chi connectivity index (χ4n) is 2.19. The van der Waals surface area contributed by atoms with Crippen molar-refractivity contribution in [3.8, 4) is 0 Å². The summed E-state index contributed by atoms with van der Waals surface area (Å²) in [7, 11) is 3.86. The lowest BCUT2D eigenvalue weighted by Gasteiger charge is -2.22. The van der Waals surface area contributed by atoms with Gasteiger partial charge in [-0.15, -0.1) is 0 Å². The van der Waals surface area contributed by atoms with E-state index in [1.807, 2.05) is 27.2 Å². The van der Waals surface area contributed by atoms with E-state index in [1.165, 1.54) is 11.1 Å². The Labute approximate surface area is 114 Å². The highest BCUT2D eigenvalue weighted by molar-refractivity contribution is 5.66. The Morgan fingerprint density at radius 1 is 1.11 bits per heavy atom. The molecule has 0 radical (unpaired) electrons. The predicted octanol–water partition coefficient (Wildman–Crippen LogP) is 3.21. The summed E-state index contributed by atoms with van der Waals surface area (Å²) in [5, 5.41) is 2.98. The first kappa shape index (κ1) is 13.3. The second-order valence-corrected chi connectivity index (χ2v) is 4.80. The standard InChI is InChI=1S/C15H20N4/c1-10-6-7-13(11(2)8-10)19(5)14-12(3)9-17-15(16-4)18-14/h6-9H,1-5H3,(H,16,17,18). The molecule has 0 unspecified atom stereocenters. The lowest BCUT2D eigenvalue weighted by Crippen LogP contribution is -2.15. The molecule has 0 aliphatic rings. The van der Waals surface area contributed by atoms with Crippen LogP contribution in [-0.2, 0) is 0 Å². The quantitative estimate of drug-likeness (QED) is 0.915. The van der Waals surface area contributed by atoms with Gasteiger partial charge in [0.15, 0.2) is 0 Å². The first-order chi connectivity index (χ1) is 9.02. The van der Waals surface area contributed by atoms with E-state index in [-0.39, 0.29) is 0 Å². The van der Waals surface area contributed by atoms with E-state index < -0.39 is 0 Å². The van der Waals surface area contributed by atoms with E-state index in [4.69, 9.17) is 0 Å². The molecule has 1 N–H and O–H groups in total. The molecule has 0 bridgehead atoms. The molecular weight excluding hydrogens is 236 g/mol. The number of anilines is 3. The van der Waals surface area contributed by atoms with Gasteiger partial charge in [0.1, 0.15) is 5.82 Å². The molecular formula is C15H20N4. The minimum Gasteiger partial charge on any atom is -0.357 e. The Morgan fingerprint density at radius 2 is 1.84 bits per heavy atom. The molecule has 0 spiro atoms.